The number of rotatable bonds is 7. The van der Waals surface area contributed by atoms with E-state index in [4.69, 9.17) is 15.6 Å². The van der Waals surface area contributed by atoms with Gasteiger partial charge in [0.05, 0.1) is 6.61 Å². The highest BCUT2D eigenvalue weighted by atomic mass is 16.5. The molecule has 0 heterocycles. The summed E-state index contributed by atoms with van der Waals surface area (Å²) >= 11 is 0. The van der Waals surface area contributed by atoms with Crippen LogP contribution >= 0.6 is 0 Å². The Hall–Kier alpha value is -1.55. The van der Waals surface area contributed by atoms with Crippen LogP contribution in [-0.4, -0.2) is 23.7 Å². The highest BCUT2D eigenvalue weighted by Gasteiger charge is 2.15. The zero-order chi connectivity index (χ0) is 13.4. The molecule has 0 fully saturated rings. The molecule has 18 heavy (non-hydrogen) atoms. The number of phenols is 1. The predicted octanol–water partition coefficient (Wildman–Crippen LogP) is 2.00. The minimum atomic E-state index is -0.642. The number of benzene rings is 1. The number of carbonyl (C=O) groups is 1. The average Bonchev–Trinajstić information content (AvgIpc) is 2.37. The molecule has 4 heteroatoms. The maximum Gasteiger partial charge on any atom is 0.323 e. The second-order valence-corrected chi connectivity index (χ2v) is 4.35. The Morgan fingerprint density at radius 3 is 2.61 bits per heavy atom. The predicted molar refractivity (Wildman–Crippen MR) is 70.3 cm³/mol. The van der Waals surface area contributed by atoms with E-state index >= 15 is 0 Å². The molecular formula is C14H21NO3. The van der Waals surface area contributed by atoms with Crippen molar-refractivity contribution in [1.82, 2.24) is 0 Å². The molecule has 1 rings (SSSR count). The summed E-state index contributed by atoms with van der Waals surface area (Å²) in [5, 5.41) is 9.14. The summed E-state index contributed by atoms with van der Waals surface area (Å²) in [4.78, 5) is 11.6. The SMILES string of the molecule is CCCCCOC(=O)C(N)Cc1ccc(O)cc1. The summed E-state index contributed by atoms with van der Waals surface area (Å²) in [6.45, 7) is 2.54. The molecule has 0 amide bonds. The van der Waals surface area contributed by atoms with Crippen LogP contribution in [0.15, 0.2) is 24.3 Å². The van der Waals surface area contributed by atoms with Gasteiger partial charge in [0.1, 0.15) is 11.8 Å². The maximum atomic E-state index is 11.6. The number of unbranched alkanes of at least 4 members (excludes halogenated alkanes) is 2. The minimum Gasteiger partial charge on any atom is -0.508 e. The zero-order valence-electron chi connectivity index (χ0n) is 10.8. The van der Waals surface area contributed by atoms with Crippen LogP contribution in [0.4, 0.5) is 0 Å². The third kappa shape index (κ3) is 5.19. The first-order valence-corrected chi connectivity index (χ1v) is 6.33. The van der Waals surface area contributed by atoms with Crippen LogP contribution in [0.25, 0.3) is 0 Å². The van der Waals surface area contributed by atoms with Crippen LogP contribution < -0.4 is 5.73 Å². The van der Waals surface area contributed by atoms with Gasteiger partial charge < -0.3 is 15.6 Å². The molecule has 0 spiro atoms. The first-order valence-electron chi connectivity index (χ1n) is 6.33. The van der Waals surface area contributed by atoms with Gasteiger partial charge in [-0.25, -0.2) is 0 Å². The molecule has 0 aromatic heterocycles. The third-order valence-corrected chi connectivity index (χ3v) is 2.69. The van der Waals surface area contributed by atoms with Crippen molar-refractivity contribution in [2.24, 2.45) is 5.73 Å². The number of hydrogen-bond donors (Lipinski definition) is 2. The van der Waals surface area contributed by atoms with E-state index in [0.29, 0.717) is 13.0 Å². The molecule has 0 bridgehead atoms. The fourth-order valence-corrected chi connectivity index (χ4v) is 1.60. The lowest BCUT2D eigenvalue weighted by atomic mass is 10.1. The molecule has 3 N–H and O–H groups in total. The van der Waals surface area contributed by atoms with Crippen molar-refractivity contribution in [3.8, 4) is 5.75 Å². The normalized spacial score (nSPS) is 12.1. The van der Waals surface area contributed by atoms with Crippen LogP contribution in [0, 0.1) is 0 Å². The Morgan fingerprint density at radius 1 is 1.33 bits per heavy atom. The molecule has 1 aromatic rings. The fraction of sp³-hybridized carbons (Fsp3) is 0.500. The Kier molecular flexibility index (Phi) is 6.22. The van der Waals surface area contributed by atoms with Crippen LogP contribution in [0.1, 0.15) is 31.7 Å². The molecule has 1 unspecified atom stereocenters. The largest absolute Gasteiger partial charge is 0.508 e. The van der Waals surface area contributed by atoms with E-state index < -0.39 is 6.04 Å². The van der Waals surface area contributed by atoms with Gasteiger partial charge in [0.15, 0.2) is 0 Å². The van der Waals surface area contributed by atoms with E-state index in [1.165, 1.54) is 0 Å². The summed E-state index contributed by atoms with van der Waals surface area (Å²) in [5.41, 5.74) is 6.67. The fourth-order valence-electron chi connectivity index (χ4n) is 1.60. The highest BCUT2D eigenvalue weighted by molar-refractivity contribution is 5.75. The van der Waals surface area contributed by atoms with Gasteiger partial charge in [-0.2, -0.15) is 0 Å². The minimum absolute atomic E-state index is 0.203. The van der Waals surface area contributed by atoms with Crippen molar-refractivity contribution < 1.29 is 14.6 Å². The molecule has 100 valence electrons. The summed E-state index contributed by atoms with van der Waals surface area (Å²) < 4.78 is 5.09. The molecule has 0 aliphatic heterocycles. The molecule has 0 aliphatic carbocycles. The smallest absolute Gasteiger partial charge is 0.323 e. The number of nitrogens with two attached hydrogens (primary N) is 1. The molecule has 1 atom stereocenters. The van der Waals surface area contributed by atoms with Gasteiger partial charge in [0.2, 0.25) is 0 Å². The van der Waals surface area contributed by atoms with E-state index in [1.54, 1.807) is 24.3 Å². The molecule has 0 radical (unpaired) electrons. The Morgan fingerprint density at radius 2 is 2.00 bits per heavy atom. The van der Waals surface area contributed by atoms with Gasteiger partial charge >= 0.3 is 5.97 Å². The highest BCUT2D eigenvalue weighted by Crippen LogP contribution is 2.11. The lowest BCUT2D eigenvalue weighted by Gasteiger charge is -2.11. The van der Waals surface area contributed by atoms with Gasteiger partial charge in [-0.3, -0.25) is 4.79 Å². The standard InChI is InChI=1S/C14H21NO3/c1-2-3-4-9-18-14(17)13(15)10-11-5-7-12(16)8-6-11/h5-8,13,16H,2-4,9-10,15H2,1H3. The summed E-state index contributed by atoms with van der Waals surface area (Å²) in [7, 11) is 0. The second kappa shape index (κ2) is 7.71. The van der Waals surface area contributed by atoms with E-state index in [1.807, 2.05) is 0 Å². The van der Waals surface area contributed by atoms with Crippen LogP contribution in [0.5, 0.6) is 5.75 Å². The average molecular weight is 251 g/mol. The number of hydrogen-bond acceptors (Lipinski definition) is 4. The van der Waals surface area contributed by atoms with Crippen molar-refractivity contribution in [3.05, 3.63) is 29.8 Å². The third-order valence-electron chi connectivity index (χ3n) is 2.69. The van der Waals surface area contributed by atoms with Crippen molar-refractivity contribution in [1.29, 1.82) is 0 Å². The van der Waals surface area contributed by atoms with E-state index in [0.717, 1.165) is 24.8 Å². The number of carbonyl (C=O) groups excluding carboxylic acids is 1. The molecular weight excluding hydrogens is 230 g/mol. The first-order chi connectivity index (χ1) is 8.63. The van der Waals surface area contributed by atoms with Gasteiger partial charge in [-0.1, -0.05) is 31.9 Å². The Labute approximate surface area is 108 Å². The summed E-state index contributed by atoms with van der Waals surface area (Å²) in [5.74, 6) is -0.159. The molecule has 1 aromatic carbocycles. The zero-order valence-corrected chi connectivity index (χ0v) is 10.8. The summed E-state index contributed by atoms with van der Waals surface area (Å²) in [6.07, 6.45) is 3.46. The maximum absolute atomic E-state index is 11.6. The van der Waals surface area contributed by atoms with Crippen LogP contribution in [-0.2, 0) is 16.0 Å². The second-order valence-electron chi connectivity index (χ2n) is 4.35. The van der Waals surface area contributed by atoms with Crippen molar-refractivity contribution in [3.63, 3.8) is 0 Å². The monoisotopic (exact) mass is 251 g/mol. The van der Waals surface area contributed by atoms with Crippen molar-refractivity contribution in [2.45, 2.75) is 38.6 Å². The lowest BCUT2D eigenvalue weighted by Crippen LogP contribution is -2.34. The van der Waals surface area contributed by atoms with Gasteiger partial charge in [-0.15, -0.1) is 0 Å². The van der Waals surface area contributed by atoms with Gasteiger partial charge in [0.25, 0.3) is 0 Å². The molecule has 0 aliphatic rings. The molecule has 4 nitrogen and oxygen atoms in total. The van der Waals surface area contributed by atoms with E-state index in [9.17, 15) is 4.79 Å². The Bertz CT molecular complexity index is 362. The van der Waals surface area contributed by atoms with Crippen LogP contribution in [0.3, 0.4) is 0 Å². The van der Waals surface area contributed by atoms with Gasteiger partial charge in [0, 0.05) is 0 Å². The Balaban J connectivity index is 2.33. The molecule has 0 saturated carbocycles. The van der Waals surface area contributed by atoms with E-state index in [2.05, 4.69) is 6.92 Å². The number of esters is 1. The quantitative estimate of drug-likeness (QED) is 0.574. The molecule has 0 saturated heterocycles. The topological polar surface area (TPSA) is 72.5 Å². The van der Waals surface area contributed by atoms with E-state index in [-0.39, 0.29) is 11.7 Å². The van der Waals surface area contributed by atoms with Crippen molar-refractivity contribution >= 4 is 5.97 Å². The van der Waals surface area contributed by atoms with Gasteiger partial charge in [-0.05, 0) is 30.5 Å². The lowest BCUT2D eigenvalue weighted by molar-refractivity contribution is -0.145. The first kappa shape index (κ1) is 14.5. The number of aromatic hydroxyl groups is 1. The number of phenolic OH excluding ortho intramolecular Hbond substituents is 1. The van der Waals surface area contributed by atoms with Crippen molar-refractivity contribution in [2.75, 3.05) is 6.61 Å². The number of ether oxygens (including phenoxy) is 1. The summed E-state index contributed by atoms with van der Waals surface area (Å²) in [6, 6.07) is 6.01. The van der Waals surface area contributed by atoms with Crippen LogP contribution in [0.2, 0.25) is 0 Å².